The molecule has 2 heterocycles. The van der Waals surface area contributed by atoms with Gasteiger partial charge in [-0.3, -0.25) is 19.4 Å². The maximum absolute atomic E-state index is 12.6. The summed E-state index contributed by atoms with van der Waals surface area (Å²) in [7, 11) is 0. The van der Waals surface area contributed by atoms with Gasteiger partial charge in [0.25, 0.3) is 0 Å². The number of amides is 2. The Morgan fingerprint density at radius 2 is 1.61 bits per heavy atom. The lowest BCUT2D eigenvalue weighted by Gasteiger charge is -2.37. The smallest absolute Gasteiger partial charge is 0.241 e. The van der Waals surface area contributed by atoms with E-state index in [9.17, 15) is 9.59 Å². The number of carbonyl (C=O) groups is 2. The van der Waals surface area contributed by atoms with Gasteiger partial charge in [0.1, 0.15) is 0 Å². The molecule has 0 aromatic heterocycles. The second kappa shape index (κ2) is 10.0. The molecule has 1 N–H and O–H groups in total. The molecule has 0 spiro atoms. The van der Waals surface area contributed by atoms with Crippen LogP contribution >= 0.6 is 0 Å². The van der Waals surface area contributed by atoms with E-state index in [-0.39, 0.29) is 17.9 Å². The largest absolute Gasteiger partial charge is 0.342 e. The minimum atomic E-state index is -0.178. The van der Waals surface area contributed by atoms with Crippen molar-refractivity contribution >= 4 is 17.5 Å². The van der Waals surface area contributed by atoms with E-state index in [4.69, 9.17) is 0 Å². The number of nitrogens with zero attached hydrogens (tertiary/aromatic N) is 3. The number of rotatable bonds is 5. The summed E-state index contributed by atoms with van der Waals surface area (Å²) in [6.07, 6.45) is 4.75. The number of para-hydroxylation sites is 1. The van der Waals surface area contributed by atoms with Crippen molar-refractivity contribution in [2.45, 2.75) is 45.6 Å². The highest BCUT2D eigenvalue weighted by Gasteiger charge is 2.27. The van der Waals surface area contributed by atoms with Crippen LogP contribution in [0.4, 0.5) is 5.69 Å². The third-order valence-electron chi connectivity index (χ3n) is 6.05. The van der Waals surface area contributed by atoms with Crippen molar-refractivity contribution in [3.8, 4) is 0 Å². The van der Waals surface area contributed by atoms with E-state index < -0.39 is 0 Å². The van der Waals surface area contributed by atoms with Gasteiger partial charge in [-0.25, -0.2) is 0 Å². The summed E-state index contributed by atoms with van der Waals surface area (Å²) in [4.78, 5) is 31.7. The van der Waals surface area contributed by atoms with Crippen molar-refractivity contribution in [3.63, 3.8) is 0 Å². The molecule has 1 aromatic rings. The van der Waals surface area contributed by atoms with E-state index >= 15 is 0 Å². The fourth-order valence-corrected chi connectivity index (χ4v) is 4.04. The van der Waals surface area contributed by atoms with Gasteiger partial charge < -0.3 is 10.2 Å². The number of aryl methyl sites for hydroxylation is 1. The Kier molecular flexibility index (Phi) is 7.45. The molecule has 2 amide bonds. The average Bonchev–Trinajstić information content (AvgIpc) is 2.99. The van der Waals surface area contributed by atoms with Crippen molar-refractivity contribution in [2.24, 2.45) is 0 Å². The fraction of sp³-hybridized carbons (Fsp3) is 0.636. The molecule has 28 heavy (non-hydrogen) atoms. The fourth-order valence-electron chi connectivity index (χ4n) is 4.04. The molecular weight excluding hydrogens is 352 g/mol. The molecule has 1 aromatic carbocycles. The minimum absolute atomic E-state index is 0.0309. The third kappa shape index (κ3) is 5.55. The van der Waals surface area contributed by atoms with Crippen molar-refractivity contribution in [3.05, 3.63) is 29.8 Å². The van der Waals surface area contributed by atoms with Crippen LogP contribution in [0.1, 0.15) is 38.2 Å². The number of benzene rings is 1. The van der Waals surface area contributed by atoms with Crippen LogP contribution in [0.2, 0.25) is 0 Å². The molecule has 6 heteroatoms. The van der Waals surface area contributed by atoms with Crippen LogP contribution in [0.15, 0.2) is 24.3 Å². The van der Waals surface area contributed by atoms with Crippen LogP contribution in [0, 0.1) is 6.92 Å². The summed E-state index contributed by atoms with van der Waals surface area (Å²) in [5.74, 6) is 0.295. The Morgan fingerprint density at radius 1 is 0.964 bits per heavy atom. The lowest BCUT2D eigenvalue weighted by Crippen LogP contribution is -2.54. The number of carbonyl (C=O) groups excluding carboxylic acids is 2. The van der Waals surface area contributed by atoms with Crippen LogP contribution in [0.5, 0.6) is 0 Å². The summed E-state index contributed by atoms with van der Waals surface area (Å²) >= 11 is 0. The molecule has 0 saturated carbocycles. The second-order valence-corrected chi connectivity index (χ2v) is 8.09. The molecule has 2 saturated heterocycles. The minimum Gasteiger partial charge on any atom is -0.342 e. The predicted molar refractivity (Wildman–Crippen MR) is 112 cm³/mol. The van der Waals surface area contributed by atoms with Gasteiger partial charge in [0, 0.05) is 45.0 Å². The van der Waals surface area contributed by atoms with E-state index in [1.165, 1.54) is 12.8 Å². The topological polar surface area (TPSA) is 55.9 Å². The average molecular weight is 387 g/mol. The molecule has 3 rings (SSSR count). The molecule has 0 aliphatic carbocycles. The van der Waals surface area contributed by atoms with Gasteiger partial charge in [0.05, 0.1) is 12.6 Å². The zero-order chi connectivity index (χ0) is 19.9. The molecule has 154 valence electrons. The number of piperazine rings is 1. The van der Waals surface area contributed by atoms with Gasteiger partial charge in [-0.05, 0) is 38.3 Å². The summed E-state index contributed by atoms with van der Waals surface area (Å²) in [6.45, 7) is 9.60. The molecule has 2 fully saturated rings. The van der Waals surface area contributed by atoms with Crippen molar-refractivity contribution < 1.29 is 9.59 Å². The van der Waals surface area contributed by atoms with Gasteiger partial charge in [0.15, 0.2) is 0 Å². The number of anilines is 1. The van der Waals surface area contributed by atoms with E-state index in [0.29, 0.717) is 6.54 Å². The van der Waals surface area contributed by atoms with Crippen molar-refractivity contribution in [1.29, 1.82) is 0 Å². The first-order chi connectivity index (χ1) is 13.5. The quantitative estimate of drug-likeness (QED) is 0.844. The summed E-state index contributed by atoms with van der Waals surface area (Å²) in [5.41, 5.74) is 1.95. The van der Waals surface area contributed by atoms with E-state index in [1.54, 1.807) is 0 Å². The molecule has 2 aliphatic heterocycles. The normalized spacial score (nSPS) is 20.4. The zero-order valence-electron chi connectivity index (χ0n) is 17.3. The monoisotopic (exact) mass is 386 g/mol. The SMILES string of the molecule is Cc1ccccc1NC(=O)[C@H](C)N1CCN(CC(=O)N2CCCCCC2)CC1. The number of likely N-dealkylation sites (tertiary alicyclic amines) is 1. The number of hydrogen-bond acceptors (Lipinski definition) is 4. The standard InChI is InChI=1S/C22H34N4O2/c1-18-9-5-6-10-20(18)23-22(28)19(2)25-15-13-24(14-16-25)17-21(27)26-11-7-3-4-8-12-26/h5-6,9-10,19H,3-4,7-8,11-17H2,1-2H3,(H,23,28)/t19-/m0/s1. The summed E-state index contributed by atoms with van der Waals surface area (Å²) in [6, 6.07) is 7.67. The predicted octanol–water partition coefficient (Wildman–Crippen LogP) is 2.34. The maximum Gasteiger partial charge on any atom is 0.241 e. The molecule has 0 bridgehead atoms. The van der Waals surface area contributed by atoms with Crippen LogP contribution in [0.3, 0.4) is 0 Å². The molecule has 1 atom stereocenters. The van der Waals surface area contributed by atoms with Crippen LogP contribution < -0.4 is 5.32 Å². The van der Waals surface area contributed by atoms with Gasteiger partial charge in [-0.1, -0.05) is 31.0 Å². The summed E-state index contributed by atoms with van der Waals surface area (Å²) in [5, 5.41) is 3.04. The Bertz CT molecular complexity index is 662. The Labute approximate surface area is 168 Å². The van der Waals surface area contributed by atoms with Gasteiger partial charge in [-0.2, -0.15) is 0 Å². The highest BCUT2D eigenvalue weighted by molar-refractivity contribution is 5.95. The first kappa shape index (κ1) is 20.8. The Hall–Kier alpha value is -1.92. The second-order valence-electron chi connectivity index (χ2n) is 8.09. The van der Waals surface area contributed by atoms with E-state index in [2.05, 4.69) is 15.1 Å². The van der Waals surface area contributed by atoms with E-state index in [1.807, 2.05) is 43.0 Å². The highest BCUT2D eigenvalue weighted by Crippen LogP contribution is 2.15. The first-order valence-electron chi connectivity index (χ1n) is 10.7. The number of nitrogens with one attached hydrogen (secondary N) is 1. The highest BCUT2D eigenvalue weighted by atomic mass is 16.2. The lowest BCUT2D eigenvalue weighted by molar-refractivity contribution is -0.133. The van der Waals surface area contributed by atoms with Crippen molar-refractivity contribution in [2.75, 3.05) is 51.1 Å². The molecular formula is C22H34N4O2. The van der Waals surface area contributed by atoms with Gasteiger partial charge >= 0.3 is 0 Å². The van der Waals surface area contributed by atoms with E-state index in [0.717, 1.165) is 63.4 Å². The van der Waals surface area contributed by atoms with Crippen LogP contribution in [-0.4, -0.2) is 78.4 Å². The van der Waals surface area contributed by atoms with Crippen LogP contribution in [0.25, 0.3) is 0 Å². The number of hydrogen-bond donors (Lipinski definition) is 1. The Balaban J connectivity index is 1.44. The Morgan fingerprint density at radius 3 is 2.25 bits per heavy atom. The molecule has 0 radical (unpaired) electrons. The van der Waals surface area contributed by atoms with Crippen LogP contribution in [-0.2, 0) is 9.59 Å². The third-order valence-corrected chi connectivity index (χ3v) is 6.05. The first-order valence-corrected chi connectivity index (χ1v) is 10.7. The maximum atomic E-state index is 12.6. The van der Waals surface area contributed by atoms with Crippen molar-refractivity contribution in [1.82, 2.24) is 14.7 Å². The summed E-state index contributed by atoms with van der Waals surface area (Å²) < 4.78 is 0. The van der Waals surface area contributed by atoms with Gasteiger partial charge in [0.2, 0.25) is 11.8 Å². The zero-order valence-corrected chi connectivity index (χ0v) is 17.3. The molecule has 6 nitrogen and oxygen atoms in total. The van der Waals surface area contributed by atoms with Gasteiger partial charge in [-0.15, -0.1) is 0 Å². The molecule has 0 unspecified atom stereocenters. The molecule has 2 aliphatic rings. The lowest BCUT2D eigenvalue weighted by atomic mass is 10.1.